The summed E-state index contributed by atoms with van der Waals surface area (Å²) in [4.78, 5) is 7.23. The molecule has 0 aliphatic carbocycles. The number of alkyl halides is 3. The number of rotatable bonds is 5. The van der Waals surface area contributed by atoms with Gasteiger partial charge in [0.15, 0.2) is 0 Å². The van der Waals surface area contributed by atoms with Gasteiger partial charge in [-0.25, -0.2) is 8.42 Å². The molecule has 26 heavy (non-hydrogen) atoms. The summed E-state index contributed by atoms with van der Waals surface area (Å²) < 4.78 is 65.0. The maximum Gasteiger partial charge on any atom is 0.417 e. The van der Waals surface area contributed by atoms with Gasteiger partial charge in [-0.05, 0) is 6.07 Å². The van der Waals surface area contributed by atoms with E-state index in [0.29, 0.717) is 38.4 Å². The number of hydrogen-bond donors (Lipinski definition) is 1. The van der Waals surface area contributed by atoms with E-state index in [-0.39, 0.29) is 19.7 Å². The lowest BCUT2D eigenvalue weighted by molar-refractivity contribution is -0.137. The summed E-state index contributed by atoms with van der Waals surface area (Å²) in [6.07, 6.45) is -2.32. The maximum absolute atomic E-state index is 12.8. The van der Waals surface area contributed by atoms with Crippen LogP contribution in [0, 0.1) is 0 Å². The van der Waals surface area contributed by atoms with E-state index < -0.39 is 27.0 Å². The van der Waals surface area contributed by atoms with Crippen molar-refractivity contribution < 1.29 is 26.7 Å². The second kappa shape index (κ2) is 7.29. The van der Waals surface area contributed by atoms with E-state index in [2.05, 4.69) is 4.98 Å². The molecule has 2 saturated heterocycles. The third-order valence-electron chi connectivity index (χ3n) is 4.78. The van der Waals surface area contributed by atoms with Crippen LogP contribution in [0.5, 0.6) is 0 Å². The molecule has 1 aromatic heterocycles. The van der Waals surface area contributed by atoms with Gasteiger partial charge >= 0.3 is 6.18 Å². The molecule has 3 rings (SSSR count). The van der Waals surface area contributed by atoms with E-state index in [0.717, 1.165) is 12.3 Å². The number of aromatic nitrogens is 1. The molecule has 2 aliphatic heterocycles. The van der Waals surface area contributed by atoms with Crippen molar-refractivity contribution in [2.75, 3.05) is 57.3 Å². The van der Waals surface area contributed by atoms with Crippen LogP contribution in [0.25, 0.3) is 0 Å². The van der Waals surface area contributed by atoms with Crippen molar-refractivity contribution in [3.63, 3.8) is 0 Å². The van der Waals surface area contributed by atoms with Gasteiger partial charge in [0.25, 0.3) is 0 Å². The first kappa shape index (κ1) is 19.3. The molecule has 11 heteroatoms. The highest BCUT2D eigenvalue weighted by atomic mass is 32.2. The average Bonchev–Trinajstić information content (AvgIpc) is 2.57. The molecule has 7 nitrogen and oxygen atoms in total. The monoisotopic (exact) mass is 394 g/mol. The fraction of sp³-hybridized carbons (Fsp3) is 0.667. The van der Waals surface area contributed by atoms with Crippen LogP contribution in [-0.4, -0.2) is 85.4 Å². The van der Waals surface area contributed by atoms with Gasteiger partial charge in [0.05, 0.1) is 24.1 Å². The quantitative estimate of drug-likeness (QED) is 0.771. The summed E-state index contributed by atoms with van der Waals surface area (Å²) in [5.41, 5.74) is -0.474. The summed E-state index contributed by atoms with van der Waals surface area (Å²) in [6, 6.07) is 1.04. The van der Waals surface area contributed by atoms with E-state index in [1.807, 2.05) is 4.90 Å². The van der Waals surface area contributed by atoms with Gasteiger partial charge < -0.3 is 10.0 Å². The molecule has 0 atom stereocenters. The highest BCUT2D eigenvalue weighted by Crippen LogP contribution is 2.31. The summed E-state index contributed by atoms with van der Waals surface area (Å²) in [5, 5.41) is 8.39. The number of halogens is 3. The Balaban J connectivity index is 1.59. The van der Waals surface area contributed by atoms with E-state index in [4.69, 9.17) is 5.11 Å². The molecule has 0 amide bonds. The standard InChI is InChI=1S/C15H21F3N4O3S/c16-15(17,18)12-7-13(9-19-8-12)21-1-3-22(4-2-21)26(24,25)14-10-20(11-14)5-6-23/h7-9,14,23H,1-6,10-11H2. The second-order valence-corrected chi connectivity index (χ2v) is 8.68. The molecular weight excluding hydrogens is 373 g/mol. The van der Waals surface area contributed by atoms with Gasteiger partial charge in [0, 0.05) is 52.0 Å². The number of piperazine rings is 1. The van der Waals surface area contributed by atoms with Crippen molar-refractivity contribution in [3.8, 4) is 0 Å². The average molecular weight is 394 g/mol. The number of hydrogen-bond acceptors (Lipinski definition) is 6. The van der Waals surface area contributed by atoms with Crippen LogP contribution in [-0.2, 0) is 16.2 Å². The maximum atomic E-state index is 12.8. The Morgan fingerprint density at radius 2 is 1.81 bits per heavy atom. The van der Waals surface area contributed by atoms with E-state index in [1.165, 1.54) is 10.5 Å². The zero-order valence-corrected chi connectivity index (χ0v) is 14.9. The van der Waals surface area contributed by atoms with Crippen LogP contribution in [0.1, 0.15) is 5.56 Å². The van der Waals surface area contributed by atoms with Gasteiger partial charge in [-0.2, -0.15) is 17.5 Å². The molecular formula is C15H21F3N4O3S. The minimum atomic E-state index is -4.46. The van der Waals surface area contributed by atoms with Gasteiger partial charge in [0.2, 0.25) is 10.0 Å². The predicted octanol–water partition coefficient (Wildman–Crippen LogP) is 0.229. The third-order valence-corrected chi connectivity index (χ3v) is 7.00. The molecule has 146 valence electrons. The Kier molecular flexibility index (Phi) is 5.42. The molecule has 0 radical (unpaired) electrons. The minimum absolute atomic E-state index is 0.00351. The highest BCUT2D eigenvalue weighted by Gasteiger charge is 2.41. The van der Waals surface area contributed by atoms with Gasteiger partial charge in [0.1, 0.15) is 5.25 Å². The summed E-state index contributed by atoms with van der Waals surface area (Å²) in [7, 11) is -3.43. The fourth-order valence-corrected chi connectivity index (χ4v) is 5.09. The third kappa shape index (κ3) is 3.95. The lowest BCUT2D eigenvalue weighted by Crippen LogP contribution is -2.61. The van der Waals surface area contributed by atoms with Crippen LogP contribution in [0.15, 0.2) is 18.5 Å². The second-order valence-electron chi connectivity index (χ2n) is 6.47. The van der Waals surface area contributed by atoms with Crippen molar-refractivity contribution in [1.82, 2.24) is 14.2 Å². The zero-order chi connectivity index (χ0) is 18.9. The minimum Gasteiger partial charge on any atom is -0.395 e. The van der Waals surface area contributed by atoms with Crippen molar-refractivity contribution in [2.24, 2.45) is 0 Å². The fourth-order valence-electron chi connectivity index (χ4n) is 3.20. The first-order valence-electron chi connectivity index (χ1n) is 8.31. The van der Waals surface area contributed by atoms with Gasteiger partial charge in [-0.15, -0.1) is 0 Å². The number of sulfonamides is 1. The smallest absolute Gasteiger partial charge is 0.395 e. The van der Waals surface area contributed by atoms with Crippen molar-refractivity contribution in [2.45, 2.75) is 11.4 Å². The molecule has 3 heterocycles. The van der Waals surface area contributed by atoms with E-state index >= 15 is 0 Å². The Morgan fingerprint density at radius 3 is 2.38 bits per heavy atom. The SMILES string of the molecule is O=S(=O)(C1CN(CCO)C1)N1CCN(c2cncc(C(F)(F)F)c2)CC1. The normalized spacial score (nSPS) is 21.0. The lowest BCUT2D eigenvalue weighted by Gasteiger charge is -2.43. The number of β-amino-alcohol motifs (C(OH)–C–C–N with tert-alkyl or cyclic N) is 1. The largest absolute Gasteiger partial charge is 0.417 e. The number of aliphatic hydroxyl groups excluding tert-OH is 1. The molecule has 1 aromatic rings. The van der Waals surface area contributed by atoms with Crippen LogP contribution < -0.4 is 4.90 Å². The molecule has 0 spiro atoms. The Morgan fingerprint density at radius 1 is 1.15 bits per heavy atom. The van der Waals surface area contributed by atoms with E-state index in [1.54, 1.807) is 4.90 Å². The molecule has 2 aliphatic rings. The molecule has 0 bridgehead atoms. The first-order valence-corrected chi connectivity index (χ1v) is 9.81. The topological polar surface area (TPSA) is 77.0 Å². The van der Waals surface area contributed by atoms with Crippen molar-refractivity contribution in [1.29, 1.82) is 0 Å². The molecule has 0 saturated carbocycles. The Bertz CT molecular complexity index is 730. The predicted molar refractivity (Wildman–Crippen MR) is 89.3 cm³/mol. The number of anilines is 1. The molecule has 0 unspecified atom stereocenters. The number of aliphatic hydroxyl groups is 1. The first-order chi connectivity index (χ1) is 12.2. The molecule has 0 aromatic carbocycles. The van der Waals surface area contributed by atoms with Gasteiger partial charge in [-0.3, -0.25) is 9.88 Å². The zero-order valence-electron chi connectivity index (χ0n) is 14.1. The van der Waals surface area contributed by atoms with E-state index in [9.17, 15) is 21.6 Å². The lowest BCUT2D eigenvalue weighted by atomic mass is 10.2. The van der Waals surface area contributed by atoms with Crippen LogP contribution in [0.3, 0.4) is 0 Å². The molecule has 2 fully saturated rings. The summed E-state index contributed by atoms with van der Waals surface area (Å²) >= 11 is 0. The van der Waals surface area contributed by atoms with Crippen LogP contribution in [0.4, 0.5) is 18.9 Å². The van der Waals surface area contributed by atoms with Gasteiger partial charge in [-0.1, -0.05) is 0 Å². The van der Waals surface area contributed by atoms with Crippen LogP contribution >= 0.6 is 0 Å². The Hall–Kier alpha value is -1.43. The highest BCUT2D eigenvalue weighted by molar-refractivity contribution is 7.89. The number of likely N-dealkylation sites (tertiary alicyclic amines) is 1. The number of pyridine rings is 1. The summed E-state index contributed by atoms with van der Waals surface area (Å²) in [5.74, 6) is 0. The van der Waals surface area contributed by atoms with Crippen molar-refractivity contribution >= 4 is 15.7 Å². The molecule has 1 N–H and O–H groups in total. The summed E-state index contributed by atoms with van der Waals surface area (Å²) in [6.45, 7) is 2.36. The number of nitrogens with zero attached hydrogens (tertiary/aromatic N) is 4. The van der Waals surface area contributed by atoms with Crippen molar-refractivity contribution in [3.05, 3.63) is 24.0 Å². The van der Waals surface area contributed by atoms with Crippen LogP contribution in [0.2, 0.25) is 0 Å². The Labute approximate surface area is 150 Å².